The predicted molar refractivity (Wildman–Crippen MR) is 73.8 cm³/mol. The van der Waals surface area contributed by atoms with Crippen molar-refractivity contribution in [1.82, 2.24) is 5.32 Å². The van der Waals surface area contributed by atoms with Crippen LogP contribution in [0.4, 0.5) is 11.4 Å². The van der Waals surface area contributed by atoms with Crippen LogP contribution in [0.25, 0.3) is 0 Å². The van der Waals surface area contributed by atoms with Gasteiger partial charge in [-0.25, -0.2) is 0 Å². The number of benzene rings is 1. The van der Waals surface area contributed by atoms with Crippen molar-refractivity contribution in [2.45, 2.75) is 19.9 Å². The number of anilines is 2. The van der Waals surface area contributed by atoms with E-state index < -0.39 is 0 Å². The zero-order valence-electron chi connectivity index (χ0n) is 11.1. The highest BCUT2D eigenvalue weighted by Crippen LogP contribution is 2.20. The van der Waals surface area contributed by atoms with Gasteiger partial charge >= 0.3 is 0 Å². The lowest BCUT2D eigenvalue weighted by molar-refractivity contribution is 0.0937. The van der Waals surface area contributed by atoms with Crippen molar-refractivity contribution in [3.05, 3.63) is 23.8 Å². The Balaban J connectivity index is 2.68. The second-order valence-electron chi connectivity index (χ2n) is 4.35. The molecule has 0 saturated heterocycles. The number of carbonyl (C=O) groups excluding carboxylic acids is 1. The predicted octanol–water partition coefficient (Wildman–Crippen LogP) is 1.47. The molecule has 5 nitrogen and oxygen atoms in total. The zero-order valence-corrected chi connectivity index (χ0v) is 11.1. The normalized spacial score (nSPS) is 10.4. The van der Waals surface area contributed by atoms with Crippen molar-refractivity contribution in [2.24, 2.45) is 0 Å². The van der Waals surface area contributed by atoms with E-state index in [4.69, 9.17) is 10.5 Å². The maximum Gasteiger partial charge on any atom is 0.251 e. The average molecular weight is 251 g/mol. The van der Waals surface area contributed by atoms with Crippen LogP contribution >= 0.6 is 0 Å². The van der Waals surface area contributed by atoms with Crippen molar-refractivity contribution >= 4 is 17.3 Å². The number of nitrogens with one attached hydrogen (secondary N) is 2. The van der Waals surface area contributed by atoms with Crippen LogP contribution in [0.5, 0.6) is 0 Å². The van der Waals surface area contributed by atoms with Gasteiger partial charge in [-0.2, -0.15) is 0 Å². The summed E-state index contributed by atoms with van der Waals surface area (Å²) in [6.45, 7) is 5.05. The summed E-state index contributed by atoms with van der Waals surface area (Å²) in [5.41, 5.74) is 7.87. The Morgan fingerprint density at radius 2 is 2.17 bits per heavy atom. The number of ether oxygens (including phenoxy) is 1. The molecular weight excluding hydrogens is 230 g/mol. The molecule has 18 heavy (non-hydrogen) atoms. The summed E-state index contributed by atoms with van der Waals surface area (Å²) in [5.74, 6) is -0.144. The molecule has 0 spiro atoms. The van der Waals surface area contributed by atoms with Crippen LogP contribution in [0.3, 0.4) is 0 Å². The number of hydrogen-bond donors (Lipinski definition) is 3. The van der Waals surface area contributed by atoms with E-state index in [0.29, 0.717) is 30.4 Å². The Kier molecular flexibility index (Phi) is 5.45. The summed E-state index contributed by atoms with van der Waals surface area (Å²) in [6.07, 6.45) is 0. The van der Waals surface area contributed by atoms with Gasteiger partial charge in [0.2, 0.25) is 0 Å². The molecule has 1 rings (SSSR count). The third-order valence-corrected chi connectivity index (χ3v) is 2.35. The largest absolute Gasteiger partial charge is 0.397 e. The molecule has 4 N–H and O–H groups in total. The Labute approximate surface area is 108 Å². The maximum atomic E-state index is 11.8. The topological polar surface area (TPSA) is 76.4 Å². The van der Waals surface area contributed by atoms with Gasteiger partial charge < -0.3 is 21.1 Å². The van der Waals surface area contributed by atoms with Crippen LogP contribution in [0.2, 0.25) is 0 Å². The lowest BCUT2D eigenvalue weighted by atomic mass is 10.1. The summed E-state index contributed by atoms with van der Waals surface area (Å²) >= 11 is 0. The van der Waals surface area contributed by atoms with E-state index in [-0.39, 0.29) is 5.91 Å². The average Bonchev–Trinajstić information content (AvgIpc) is 2.31. The Hall–Kier alpha value is -1.75. The highest BCUT2D eigenvalue weighted by molar-refractivity contribution is 5.96. The first-order valence-corrected chi connectivity index (χ1v) is 5.97. The van der Waals surface area contributed by atoms with Gasteiger partial charge in [0.1, 0.15) is 0 Å². The molecule has 0 aromatic heterocycles. The molecule has 0 aliphatic heterocycles. The zero-order chi connectivity index (χ0) is 13.5. The van der Waals surface area contributed by atoms with Crippen molar-refractivity contribution < 1.29 is 9.53 Å². The fourth-order valence-electron chi connectivity index (χ4n) is 1.52. The van der Waals surface area contributed by atoms with Crippen LogP contribution in [-0.4, -0.2) is 32.2 Å². The van der Waals surface area contributed by atoms with Crippen LogP contribution in [0, 0.1) is 0 Å². The Morgan fingerprint density at radius 3 is 2.72 bits per heavy atom. The van der Waals surface area contributed by atoms with E-state index in [1.807, 2.05) is 19.9 Å². The lowest BCUT2D eigenvalue weighted by Crippen LogP contribution is -2.27. The monoisotopic (exact) mass is 251 g/mol. The van der Waals surface area contributed by atoms with Gasteiger partial charge in [0.25, 0.3) is 5.91 Å². The highest BCUT2D eigenvalue weighted by Gasteiger charge is 2.08. The molecule has 5 heteroatoms. The third kappa shape index (κ3) is 4.25. The number of methoxy groups -OCH3 is 1. The van der Waals surface area contributed by atoms with Crippen LogP contribution in [-0.2, 0) is 4.74 Å². The number of rotatable bonds is 6. The molecule has 0 aliphatic rings. The van der Waals surface area contributed by atoms with Gasteiger partial charge in [0, 0.05) is 25.3 Å². The second-order valence-corrected chi connectivity index (χ2v) is 4.35. The minimum atomic E-state index is -0.144. The molecule has 0 bridgehead atoms. The van der Waals surface area contributed by atoms with E-state index in [1.54, 1.807) is 19.2 Å². The number of amides is 1. The van der Waals surface area contributed by atoms with Crippen LogP contribution in [0.15, 0.2) is 18.2 Å². The molecule has 0 unspecified atom stereocenters. The van der Waals surface area contributed by atoms with Crippen molar-refractivity contribution in [3.63, 3.8) is 0 Å². The SMILES string of the molecule is COCCNC(=O)c1ccc(NC(C)C)c(N)c1. The van der Waals surface area contributed by atoms with E-state index in [9.17, 15) is 4.79 Å². The third-order valence-electron chi connectivity index (χ3n) is 2.35. The molecular formula is C13H21N3O2. The minimum absolute atomic E-state index is 0.144. The molecule has 1 aromatic rings. The smallest absolute Gasteiger partial charge is 0.251 e. The molecule has 1 amide bonds. The standard InChI is InChI=1S/C13H21N3O2/c1-9(2)16-12-5-4-10(8-11(12)14)13(17)15-6-7-18-3/h4-5,8-9,16H,6-7,14H2,1-3H3,(H,15,17). The fraction of sp³-hybridized carbons (Fsp3) is 0.462. The lowest BCUT2D eigenvalue weighted by Gasteiger charge is -2.13. The van der Waals surface area contributed by atoms with Gasteiger partial charge in [0.15, 0.2) is 0 Å². The summed E-state index contributed by atoms with van der Waals surface area (Å²) in [7, 11) is 1.59. The molecule has 100 valence electrons. The molecule has 0 aliphatic carbocycles. The van der Waals surface area contributed by atoms with Crippen molar-refractivity contribution in [2.75, 3.05) is 31.3 Å². The molecule has 0 radical (unpaired) electrons. The summed E-state index contributed by atoms with van der Waals surface area (Å²) in [6, 6.07) is 5.55. The van der Waals surface area contributed by atoms with Gasteiger partial charge in [-0.05, 0) is 32.0 Å². The van der Waals surface area contributed by atoms with Crippen molar-refractivity contribution in [3.8, 4) is 0 Å². The van der Waals surface area contributed by atoms with Crippen LogP contribution < -0.4 is 16.4 Å². The number of nitrogen functional groups attached to an aromatic ring is 1. The highest BCUT2D eigenvalue weighted by atomic mass is 16.5. The van der Waals surface area contributed by atoms with E-state index >= 15 is 0 Å². The summed E-state index contributed by atoms with van der Waals surface area (Å²) in [4.78, 5) is 11.8. The van der Waals surface area contributed by atoms with E-state index in [1.165, 1.54) is 0 Å². The Morgan fingerprint density at radius 1 is 1.44 bits per heavy atom. The molecule has 0 atom stereocenters. The van der Waals surface area contributed by atoms with Gasteiger partial charge in [-0.1, -0.05) is 0 Å². The first-order chi connectivity index (χ1) is 8.54. The van der Waals surface area contributed by atoms with E-state index in [0.717, 1.165) is 5.69 Å². The number of hydrogen-bond acceptors (Lipinski definition) is 4. The second kappa shape index (κ2) is 6.86. The van der Waals surface area contributed by atoms with Gasteiger partial charge in [-0.3, -0.25) is 4.79 Å². The minimum Gasteiger partial charge on any atom is -0.397 e. The summed E-state index contributed by atoms with van der Waals surface area (Å²) in [5, 5.41) is 5.96. The summed E-state index contributed by atoms with van der Waals surface area (Å²) < 4.78 is 4.87. The quantitative estimate of drug-likeness (QED) is 0.528. The molecule has 1 aromatic carbocycles. The number of carbonyl (C=O) groups is 1. The van der Waals surface area contributed by atoms with Gasteiger partial charge in [0.05, 0.1) is 18.0 Å². The van der Waals surface area contributed by atoms with E-state index in [2.05, 4.69) is 10.6 Å². The molecule has 0 fully saturated rings. The van der Waals surface area contributed by atoms with Gasteiger partial charge in [-0.15, -0.1) is 0 Å². The number of nitrogens with two attached hydrogens (primary N) is 1. The maximum absolute atomic E-state index is 11.8. The van der Waals surface area contributed by atoms with Crippen molar-refractivity contribution in [1.29, 1.82) is 0 Å². The molecule has 0 saturated carbocycles. The fourth-order valence-corrected chi connectivity index (χ4v) is 1.52. The first-order valence-electron chi connectivity index (χ1n) is 5.97. The Bertz CT molecular complexity index is 405. The first kappa shape index (κ1) is 14.3. The van der Waals surface area contributed by atoms with Crippen LogP contribution in [0.1, 0.15) is 24.2 Å². The molecule has 0 heterocycles.